The maximum Gasteiger partial charge on any atom is 0.338 e. The molecule has 3 N–H and O–H groups in total. The van der Waals surface area contributed by atoms with Crippen LogP contribution in [0.4, 0.5) is 9.80 Å². The summed E-state index contributed by atoms with van der Waals surface area (Å²) in [6, 6.07) is 4.80. The number of hydrogen-bond donors (Lipinski definition) is 3. The van der Waals surface area contributed by atoms with Crippen molar-refractivity contribution in [3.8, 4) is 0 Å². The lowest BCUT2D eigenvalue weighted by Crippen LogP contribution is -2.30. The third kappa shape index (κ3) is 3.79. The highest BCUT2D eigenvalue weighted by Crippen LogP contribution is 2.22. The van der Waals surface area contributed by atoms with Crippen molar-refractivity contribution in [3.63, 3.8) is 0 Å². The molecule has 0 aliphatic heterocycles. The number of nitrogens with one attached hydrogen (secondary N) is 2. The van der Waals surface area contributed by atoms with Crippen LogP contribution in [0.1, 0.15) is 15.9 Å². The molecule has 0 bridgehead atoms. The van der Waals surface area contributed by atoms with E-state index >= 15 is 0 Å². The lowest BCUT2D eigenvalue weighted by atomic mass is 10.2. The van der Waals surface area contributed by atoms with Gasteiger partial charge >= 0.3 is 12.0 Å². The number of carboxylic acid groups (broad SMARTS) is 1. The molecule has 0 saturated carbocycles. The first-order chi connectivity index (χ1) is 9.66. The van der Waals surface area contributed by atoms with Gasteiger partial charge in [-0.1, -0.05) is 0 Å². The second-order valence-corrected chi connectivity index (χ2v) is 4.87. The zero-order chi connectivity index (χ0) is 14.4. The lowest BCUT2D eigenvalue weighted by molar-refractivity contribution is 0.0698. The molecule has 2 heterocycles. The maximum atomic E-state index is 11.7. The highest BCUT2D eigenvalue weighted by Gasteiger charge is 2.13. The van der Waals surface area contributed by atoms with Gasteiger partial charge in [0.1, 0.15) is 5.00 Å². The summed E-state index contributed by atoms with van der Waals surface area (Å²) in [7, 11) is 0. The fraction of sp³-hybridized carbons (Fsp3) is 0.154. The summed E-state index contributed by atoms with van der Waals surface area (Å²) >= 11 is 1.18. The van der Waals surface area contributed by atoms with Crippen molar-refractivity contribution in [2.45, 2.75) is 6.42 Å². The third-order valence-electron chi connectivity index (χ3n) is 2.57. The summed E-state index contributed by atoms with van der Waals surface area (Å²) in [4.78, 5) is 26.5. The minimum atomic E-state index is -1.06. The van der Waals surface area contributed by atoms with Crippen molar-refractivity contribution in [1.82, 2.24) is 10.3 Å². The quantitative estimate of drug-likeness (QED) is 0.787. The zero-order valence-corrected chi connectivity index (χ0v) is 11.3. The molecule has 0 radical (unpaired) electrons. The van der Waals surface area contributed by atoms with Crippen LogP contribution in [0.15, 0.2) is 36.0 Å². The van der Waals surface area contributed by atoms with E-state index < -0.39 is 12.0 Å². The summed E-state index contributed by atoms with van der Waals surface area (Å²) in [6.07, 6.45) is 4.08. The predicted molar refractivity (Wildman–Crippen MR) is 76.2 cm³/mol. The van der Waals surface area contributed by atoms with Gasteiger partial charge in [-0.25, -0.2) is 9.59 Å². The van der Waals surface area contributed by atoms with Crippen molar-refractivity contribution >= 4 is 28.3 Å². The number of rotatable bonds is 5. The number of urea groups is 1. The van der Waals surface area contributed by atoms with Gasteiger partial charge in [-0.3, -0.25) is 10.3 Å². The van der Waals surface area contributed by atoms with E-state index in [9.17, 15) is 9.59 Å². The van der Waals surface area contributed by atoms with Gasteiger partial charge in [0.15, 0.2) is 0 Å². The Kier molecular flexibility index (Phi) is 4.67. The van der Waals surface area contributed by atoms with Gasteiger partial charge in [-0.05, 0) is 35.6 Å². The van der Waals surface area contributed by atoms with Crippen LogP contribution in [0.25, 0.3) is 0 Å². The van der Waals surface area contributed by atoms with Crippen LogP contribution in [0.5, 0.6) is 0 Å². The van der Waals surface area contributed by atoms with Crippen LogP contribution in [0.2, 0.25) is 0 Å². The largest absolute Gasteiger partial charge is 0.478 e. The van der Waals surface area contributed by atoms with E-state index in [1.54, 1.807) is 17.8 Å². The minimum Gasteiger partial charge on any atom is -0.478 e. The standard InChI is InChI=1S/C13H13N3O3S/c17-12(18)10-4-8-20-11(10)16-13(19)15-7-3-9-1-5-14-6-2-9/h1-2,4-6,8H,3,7H2,(H,17,18)(H2,15,16,19). The Hall–Kier alpha value is -2.41. The van der Waals surface area contributed by atoms with Gasteiger partial charge in [0.05, 0.1) is 5.56 Å². The number of anilines is 1. The number of hydrogen-bond acceptors (Lipinski definition) is 4. The van der Waals surface area contributed by atoms with Gasteiger partial charge in [0.2, 0.25) is 0 Å². The number of nitrogens with zero attached hydrogens (tertiary/aromatic N) is 1. The molecule has 0 fully saturated rings. The van der Waals surface area contributed by atoms with Crippen LogP contribution in [0, 0.1) is 0 Å². The number of thiophene rings is 1. The number of aromatic carboxylic acids is 1. The highest BCUT2D eigenvalue weighted by atomic mass is 32.1. The summed E-state index contributed by atoms with van der Waals surface area (Å²) in [5, 5.41) is 16.1. The molecule has 0 atom stereocenters. The molecule has 0 unspecified atom stereocenters. The van der Waals surface area contributed by atoms with E-state index in [0.29, 0.717) is 18.0 Å². The van der Waals surface area contributed by atoms with Crippen LogP contribution in [-0.4, -0.2) is 28.6 Å². The predicted octanol–water partition coefficient (Wildman–Crippen LogP) is 2.21. The second-order valence-electron chi connectivity index (χ2n) is 3.95. The Morgan fingerprint density at radius 1 is 1.25 bits per heavy atom. The molecular weight excluding hydrogens is 278 g/mol. The molecule has 20 heavy (non-hydrogen) atoms. The van der Waals surface area contributed by atoms with Crippen LogP contribution in [0.3, 0.4) is 0 Å². The van der Waals surface area contributed by atoms with Gasteiger partial charge in [-0.2, -0.15) is 0 Å². The molecule has 2 rings (SSSR count). The lowest BCUT2D eigenvalue weighted by Gasteiger charge is -2.06. The molecule has 6 nitrogen and oxygen atoms in total. The number of amides is 2. The summed E-state index contributed by atoms with van der Waals surface area (Å²) in [6.45, 7) is 0.462. The van der Waals surface area contributed by atoms with Crippen molar-refractivity contribution in [2.24, 2.45) is 0 Å². The molecule has 0 aliphatic carbocycles. The molecular formula is C13H13N3O3S. The van der Waals surface area contributed by atoms with Gasteiger partial charge in [0, 0.05) is 18.9 Å². The first-order valence-corrected chi connectivity index (χ1v) is 6.79. The maximum absolute atomic E-state index is 11.7. The minimum absolute atomic E-state index is 0.0966. The van der Waals surface area contributed by atoms with Crippen LogP contribution >= 0.6 is 11.3 Å². The van der Waals surface area contributed by atoms with E-state index in [-0.39, 0.29) is 5.56 Å². The average Bonchev–Trinajstić information content (AvgIpc) is 2.88. The molecule has 2 aromatic rings. The molecule has 0 saturated heterocycles. The van der Waals surface area contributed by atoms with Gasteiger partial charge in [-0.15, -0.1) is 11.3 Å². The molecule has 0 spiro atoms. The molecule has 0 aromatic carbocycles. The number of aromatic nitrogens is 1. The SMILES string of the molecule is O=C(NCCc1ccncc1)Nc1sccc1C(=O)O. The highest BCUT2D eigenvalue weighted by molar-refractivity contribution is 7.14. The van der Waals surface area contributed by atoms with E-state index in [2.05, 4.69) is 15.6 Å². The van der Waals surface area contributed by atoms with Crippen LogP contribution < -0.4 is 10.6 Å². The summed E-state index contributed by atoms with van der Waals surface area (Å²) < 4.78 is 0. The Labute approximate surface area is 119 Å². The summed E-state index contributed by atoms with van der Waals surface area (Å²) in [5.41, 5.74) is 1.17. The number of pyridine rings is 1. The van der Waals surface area contributed by atoms with E-state index in [0.717, 1.165) is 5.56 Å². The number of carboxylic acids is 1. The second kappa shape index (κ2) is 6.67. The van der Waals surface area contributed by atoms with Crippen molar-refractivity contribution < 1.29 is 14.7 Å². The topological polar surface area (TPSA) is 91.3 Å². The Bertz CT molecular complexity index is 598. The third-order valence-corrected chi connectivity index (χ3v) is 3.40. The van der Waals surface area contributed by atoms with Crippen molar-refractivity contribution in [2.75, 3.05) is 11.9 Å². The number of carbonyl (C=O) groups excluding carboxylic acids is 1. The fourth-order valence-electron chi connectivity index (χ4n) is 1.59. The fourth-order valence-corrected chi connectivity index (χ4v) is 2.37. The van der Waals surface area contributed by atoms with Crippen LogP contribution in [-0.2, 0) is 6.42 Å². The first kappa shape index (κ1) is 14.0. The Morgan fingerprint density at radius 2 is 2.00 bits per heavy atom. The molecule has 104 valence electrons. The van der Waals surface area contributed by atoms with E-state index in [1.165, 1.54) is 17.4 Å². The molecule has 2 aromatic heterocycles. The molecule has 2 amide bonds. The molecule has 7 heteroatoms. The molecule has 0 aliphatic rings. The van der Waals surface area contributed by atoms with Gasteiger partial charge < -0.3 is 10.4 Å². The van der Waals surface area contributed by atoms with E-state index in [4.69, 9.17) is 5.11 Å². The smallest absolute Gasteiger partial charge is 0.338 e. The van der Waals surface area contributed by atoms with Crippen molar-refractivity contribution in [3.05, 3.63) is 47.1 Å². The average molecular weight is 291 g/mol. The normalized spacial score (nSPS) is 10.0. The summed E-state index contributed by atoms with van der Waals surface area (Å²) in [5.74, 6) is -1.06. The Balaban J connectivity index is 1.81. The monoisotopic (exact) mass is 291 g/mol. The van der Waals surface area contributed by atoms with E-state index in [1.807, 2.05) is 12.1 Å². The Morgan fingerprint density at radius 3 is 2.70 bits per heavy atom. The van der Waals surface area contributed by atoms with Crippen molar-refractivity contribution in [1.29, 1.82) is 0 Å². The van der Waals surface area contributed by atoms with Gasteiger partial charge in [0.25, 0.3) is 0 Å². The number of carbonyl (C=O) groups is 2. The first-order valence-electron chi connectivity index (χ1n) is 5.91. The zero-order valence-electron chi connectivity index (χ0n) is 10.5.